The van der Waals surface area contributed by atoms with E-state index in [4.69, 9.17) is 4.74 Å². The zero-order valence-electron chi connectivity index (χ0n) is 23.9. The van der Waals surface area contributed by atoms with E-state index in [0.29, 0.717) is 0 Å². The lowest BCUT2D eigenvalue weighted by molar-refractivity contribution is 0.302. The van der Waals surface area contributed by atoms with Crippen LogP contribution in [0.2, 0.25) is 0 Å². The SMILES string of the molecule is CCCCCCC[C@H]1CC[C@H](c2ccc(C#Cc3ccc4cc(OCCCCCC)ccc4c3)cc2)CC1. The van der Waals surface area contributed by atoms with Crippen LogP contribution >= 0.6 is 0 Å². The third-order valence-corrected chi connectivity index (χ3v) is 8.37. The van der Waals surface area contributed by atoms with Gasteiger partial charge in [-0.1, -0.05) is 108 Å². The maximum Gasteiger partial charge on any atom is 0.119 e. The van der Waals surface area contributed by atoms with Crippen LogP contribution in [0, 0.1) is 17.8 Å². The smallest absolute Gasteiger partial charge is 0.119 e. The summed E-state index contributed by atoms with van der Waals surface area (Å²) in [6.45, 7) is 5.34. The first-order chi connectivity index (χ1) is 18.7. The molecule has 0 spiro atoms. The van der Waals surface area contributed by atoms with Gasteiger partial charge in [-0.3, -0.25) is 0 Å². The van der Waals surface area contributed by atoms with Crippen molar-refractivity contribution in [2.75, 3.05) is 6.61 Å². The first-order valence-electron chi connectivity index (χ1n) is 15.5. The molecule has 0 aliphatic heterocycles. The van der Waals surface area contributed by atoms with Crippen LogP contribution < -0.4 is 4.74 Å². The summed E-state index contributed by atoms with van der Waals surface area (Å²) in [6.07, 6.45) is 19.0. The van der Waals surface area contributed by atoms with Crippen LogP contribution in [-0.4, -0.2) is 6.61 Å². The third-order valence-electron chi connectivity index (χ3n) is 8.37. The monoisotopic (exact) mass is 508 g/mol. The highest BCUT2D eigenvalue weighted by Gasteiger charge is 2.21. The Kier molecular flexibility index (Phi) is 11.6. The van der Waals surface area contributed by atoms with Gasteiger partial charge in [0.1, 0.15) is 5.75 Å². The van der Waals surface area contributed by atoms with Crippen molar-refractivity contribution in [2.45, 2.75) is 110 Å². The van der Waals surface area contributed by atoms with Crippen molar-refractivity contribution in [3.8, 4) is 17.6 Å². The van der Waals surface area contributed by atoms with E-state index in [2.05, 4.69) is 86.4 Å². The molecule has 4 rings (SSSR count). The minimum absolute atomic E-state index is 0.735. The van der Waals surface area contributed by atoms with Crippen molar-refractivity contribution in [1.29, 1.82) is 0 Å². The van der Waals surface area contributed by atoms with Gasteiger partial charge < -0.3 is 4.74 Å². The topological polar surface area (TPSA) is 9.23 Å². The molecule has 38 heavy (non-hydrogen) atoms. The lowest BCUT2D eigenvalue weighted by Gasteiger charge is -2.29. The molecule has 1 saturated carbocycles. The molecule has 0 unspecified atom stereocenters. The first kappa shape index (κ1) is 28.3. The van der Waals surface area contributed by atoms with Crippen LogP contribution in [0.15, 0.2) is 60.7 Å². The summed E-state index contributed by atoms with van der Waals surface area (Å²) in [4.78, 5) is 0. The van der Waals surface area contributed by atoms with E-state index >= 15 is 0 Å². The van der Waals surface area contributed by atoms with E-state index in [1.807, 2.05) is 0 Å². The zero-order chi connectivity index (χ0) is 26.4. The number of hydrogen-bond acceptors (Lipinski definition) is 1. The molecule has 1 aliphatic carbocycles. The van der Waals surface area contributed by atoms with Gasteiger partial charge in [0, 0.05) is 11.1 Å². The highest BCUT2D eigenvalue weighted by atomic mass is 16.5. The minimum Gasteiger partial charge on any atom is -0.494 e. The molecule has 0 N–H and O–H groups in total. The summed E-state index contributed by atoms with van der Waals surface area (Å²) in [7, 11) is 0. The molecule has 0 bridgehead atoms. The van der Waals surface area contributed by atoms with Crippen molar-refractivity contribution < 1.29 is 4.74 Å². The normalized spacial score (nSPS) is 17.2. The maximum absolute atomic E-state index is 5.95. The second kappa shape index (κ2) is 15.6. The Hall–Kier alpha value is -2.72. The molecular formula is C37H48O. The molecule has 1 heteroatoms. The van der Waals surface area contributed by atoms with E-state index < -0.39 is 0 Å². The Morgan fingerprint density at radius 2 is 1.26 bits per heavy atom. The summed E-state index contributed by atoms with van der Waals surface area (Å²) in [5, 5.41) is 2.42. The van der Waals surface area contributed by atoms with Gasteiger partial charge in [0.05, 0.1) is 6.61 Å². The Bertz CT molecular complexity index is 1150. The van der Waals surface area contributed by atoms with Gasteiger partial charge in [0.25, 0.3) is 0 Å². The van der Waals surface area contributed by atoms with Crippen molar-refractivity contribution in [3.05, 3.63) is 77.4 Å². The third kappa shape index (κ3) is 8.94. The van der Waals surface area contributed by atoms with Crippen molar-refractivity contribution in [2.24, 2.45) is 5.92 Å². The van der Waals surface area contributed by atoms with Crippen LogP contribution in [0.4, 0.5) is 0 Å². The standard InChI is InChI=1S/C37H48O/c1-3-5-7-9-10-12-30-15-20-33(21-16-30)34-22-17-31(18-23-34)13-14-32-19-24-36-29-37(26-25-35(36)28-32)38-27-11-8-6-4-2/h17-19,22-26,28-30,33H,3-12,15-16,20-21,27H2,1-2H3/t30-,33-. The fourth-order valence-electron chi connectivity index (χ4n) is 5.91. The number of unbranched alkanes of at least 4 members (excludes halogenated alkanes) is 7. The van der Waals surface area contributed by atoms with Crippen LogP contribution in [0.5, 0.6) is 5.75 Å². The number of rotatable bonds is 13. The van der Waals surface area contributed by atoms with Gasteiger partial charge in [-0.05, 0) is 96.7 Å². The Labute approximate surface area is 232 Å². The Balaban J connectivity index is 1.26. The predicted octanol–water partition coefficient (Wildman–Crippen LogP) is 10.8. The molecule has 1 fully saturated rings. The highest BCUT2D eigenvalue weighted by Crippen LogP contribution is 2.37. The summed E-state index contributed by atoms with van der Waals surface area (Å²) >= 11 is 0. The highest BCUT2D eigenvalue weighted by molar-refractivity contribution is 5.85. The molecular weight excluding hydrogens is 460 g/mol. The molecule has 3 aromatic rings. The lowest BCUT2D eigenvalue weighted by Crippen LogP contribution is -2.13. The fraction of sp³-hybridized carbons (Fsp3) is 0.514. The average Bonchev–Trinajstić information content (AvgIpc) is 2.96. The van der Waals surface area contributed by atoms with E-state index in [1.165, 1.54) is 99.8 Å². The number of hydrogen-bond donors (Lipinski definition) is 0. The molecule has 0 saturated heterocycles. The van der Waals surface area contributed by atoms with Gasteiger partial charge in [-0.15, -0.1) is 0 Å². The summed E-state index contributed by atoms with van der Waals surface area (Å²) < 4.78 is 5.95. The predicted molar refractivity (Wildman–Crippen MR) is 164 cm³/mol. The second-order valence-corrected chi connectivity index (χ2v) is 11.4. The van der Waals surface area contributed by atoms with Crippen molar-refractivity contribution >= 4 is 10.8 Å². The molecule has 0 heterocycles. The molecule has 1 nitrogen and oxygen atoms in total. The van der Waals surface area contributed by atoms with E-state index in [0.717, 1.165) is 41.7 Å². The summed E-state index contributed by atoms with van der Waals surface area (Å²) in [5.41, 5.74) is 3.66. The van der Waals surface area contributed by atoms with Crippen LogP contribution in [-0.2, 0) is 0 Å². The van der Waals surface area contributed by atoms with E-state index in [9.17, 15) is 0 Å². The quantitative estimate of drug-likeness (QED) is 0.165. The molecule has 0 aromatic heterocycles. The van der Waals surface area contributed by atoms with Crippen molar-refractivity contribution in [3.63, 3.8) is 0 Å². The maximum atomic E-state index is 5.95. The Morgan fingerprint density at radius 1 is 0.632 bits per heavy atom. The molecule has 3 aromatic carbocycles. The largest absolute Gasteiger partial charge is 0.494 e. The van der Waals surface area contributed by atoms with Gasteiger partial charge >= 0.3 is 0 Å². The van der Waals surface area contributed by atoms with Crippen LogP contribution in [0.3, 0.4) is 0 Å². The second-order valence-electron chi connectivity index (χ2n) is 11.4. The fourth-order valence-corrected chi connectivity index (χ4v) is 5.91. The molecule has 1 aliphatic rings. The number of benzene rings is 3. The lowest BCUT2D eigenvalue weighted by atomic mass is 9.77. The van der Waals surface area contributed by atoms with E-state index in [-0.39, 0.29) is 0 Å². The average molecular weight is 509 g/mol. The van der Waals surface area contributed by atoms with Crippen molar-refractivity contribution in [1.82, 2.24) is 0 Å². The van der Waals surface area contributed by atoms with Gasteiger partial charge in [-0.25, -0.2) is 0 Å². The summed E-state index contributed by atoms with van der Waals surface area (Å²) in [6, 6.07) is 21.9. The summed E-state index contributed by atoms with van der Waals surface area (Å²) in [5.74, 6) is 9.42. The number of fused-ring (bicyclic) bond motifs is 1. The van der Waals surface area contributed by atoms with Gasteiger partial charge in [0.2, 0.25) is 0 Å². The van der Waals surface area contributed by atoms with E-state index in [1.54, 1.807) is 0 Å². The first-order valence-corrected chi connectivity index (χ1v) is 15.5. The van der Waals surface area contributed by atoms with Crippen LogP contribution in [0.25, 0.3) is 10.8 Å². The van der Waals surface area contributed by atoms with Crippen LogP contribution in [0.1, 0.15) is 126 Å². The molecule has 202 valence electrons. The van der Waals surface area contributed by atoms with Gasteiger partial charge in [0.15, 0.2) is 0 Å². The minimum atomic E-state index is 0.735. The molecule has 0 radical (unpaired) electrons. The molecule has 0 atom stereocenters. The van der Waals surface area contributed by atoms with Gasteiger partial charge in [-0.2, -0.15) is 0 Å². The number of ether oxygens (including phenoxy) is 1. The molecule has 0 amide bonds. The zero-order valence-corrected chi connectivity index (χ0v) is 23.9. The Morgan fingerprint density at radius 3 is 2.03 bits per heavy atom.